The zero-order chi connectivity index (χ0) is 15.6. The molecule has 0 atom stereocenters. The molecule has 0 saturated heterocycles. The van der Waals surface area contributed by atoms with Crippen LogP contribution < -0.4 is 16.8 Å². The number of rotatable bonds is 3. The Bertz CT molecular complexity index is 702. The summed E-state index contributed by atoms with van der Waals surface area (Å²) in [5.74, 6) is -1.48. The average molecular weight is 289 g/mol. The van der Waals surface area contributed by atoms with Crippen LogP contribution in [0.15, 0.2) is 30.3 Å². The molecule has 0 aliphatic heterocycles. The highest BCUT2D eigenvalue weighted by molar-refractivity contribution is 5.99. The standard InChI is InChI=1S/C15H16FN3O2/c1-8-5-3-4-6-11(8)19-14-9(15(20)21-2)7-10(17)13(18)12(14)16/h3-7,19H,17-18H2,1-2H3. The fourth-order valence-electron chi connectivity index (χ4n) is 1.93. The van der Waals surface area contributed by atoms with Crippen LogP contribution in [-0.4, -0.2) is 13.1 Å². The SMILES string of the molecule is COC(=O)c1cc(N)c(N)c(F)c1Nc1ccccc1C. The second-order valence-electron chi connectivity index (χ2n) is 4.55. The smallest absolute Gasteiger partial charge is 0.340 e. The second kappa shape index (κ2) is 5.70. The molecular formula is C15H16FN3O2. The van der Waals surface area contributed by atoms with E-state index in [1.807, 2.05) is 19.1 Å². The maximum atomic E-state index is 14.4. The van der Waals surface area contributed by atoms with Crippen molar-refractivity contribution in [3.63, 3.8) is 0 Å². The number of halogens is 1. The molecule has 2 rings (SSSR count). The number of methoxy groups -OCH3 is 1. The number of anilines is 4. The molecule has 0 bridgehead atoms. The van der Waals surface area contributed by atoms with E-state index in [-0.39, 0.29) is 22.6 Å². The Morgan fingerprint density at radius 1 is 1.29 bits per heavy atom. The molecule has 0 heterocycles. The van der Waals surface area contributed by atoms with Crippen molar-refractivity contribution in [2.75, 3.05) is 23.9 Å². The van der Waals surface area contributed by atoms with Crippen LogP contribution in [0.2, 0.25) is 0 Å². The normalized spacial score (nSPS) is 10.2. The van der Waals surface area contributed by atoms with E-state index < -0.39 is 11.8 Å². The predicted octanol–water partition coefficient (Wildman–Crippen LogP) is 2.83. The first-order valence-electron chi connectivity index (χ1n) is 6.24. The van der Waals surface area contributed by atoms with Crippen molar-refractivity contribution in [2.24, 2.45) is 0 Å². The number of hydrogen-bond donors (Lipinski definition) is 3. The summed E-state index contributed by atoms with van der Waals surface area (Å²) >= 11 is 0. The molecule has 2 aromatic rings. The summed E-state index contributed by atoms with van der Waals surface area (Å²) in [5, 5.41) is 2.88. The number of carbonyl (C=O) groups excluding carboxylic acids is 1. The molecule has 5 N–H and O–H groups in total. The van der Waals surface area contributed by atoms with Gasteiger partial charge in [0.1, 0.15) is 0 Å². The molecule has 110 valence electrons. The molecule has 0 amide bonds. The summed E-state index contributed by atoms with van der Waals surface area (Å²) in [6, 6.07) is 8.58. The zero-order valence-electron chi connectivity index (χ0n) is 11.7. The number of nitrogens with two attached hydrogens (primary N) is 2. The first kappa shape index (κ1) is 14.6. The van der Waals surface area contributed by atoms with Crippen LogP contribution >= 0.6 is 0 Å². The third-order valence-electron chi connectivity index (χ3n) is 3.15. The van der Waals surface area contributed by atoms with Gasteiger partial charge in [-0.25, -0.2) is 9.18 Å². The molecule has 0 unspecified atom stereocenters. The molecule has 0 radical (unpaired) electrons. The van der Waals surface area contributed by atoms with Crippen molar-refractivity contribution in [1.29, 1.82) is 0 Å². The van der Waals surface area contributed by atoms with Gasteiger partial charge < -0.3 is 21.5 Å². The number of hydrogen-bond acceptors (Lipinski definition) is 5. The van der Waals surface area contributed by atoms with Crippen LogP contribution in [0.1, 0.15) is 15.9 Å². The van der Waals surface area contributed by atoms with Crippen LogP contribution in [0.25, 0.3) is 0 Å². The van der Waals surface area contributed by atoms with E-state index in [0.717, 1.165) is 5.56 Å². The minimum Gasteiger partial charge on any atom is -0.465 e. The van der Waals surface area contributed by atoms with Crippen molar-refractivity contribution in [3.8, 4) is 0 Å². The fraction of sp³-hybridized carbons (Fsp3) is 0.133. The van der Waals surface area contributed by atoms with Crippen LogP contribution in [0.4, 0.5) is 27.1 Å². The monoisotopic (exact) mass is 289 g/mol. The van der Waals surface area contributed by atoms with Gasteiger partial charge in [-0.2, -0.15) is 0 Å². The third kappa shape index (κ3) is 2.74. The molecule has 0 aromatic heterocycles. The van der Waals surface area contributed by atoms with Gasteiger partial charge in [-0.15, -0.1) is 0 Å². The first-order valence-corrected chi connectivity index (χ1v) is 6.24. The lowest BCUT2D eigenvalue weighted by atomic mass is 10.1. The summed E-state index contributed by atoms with van der Waals surface area (Å²) in [6.45, 7) is 1.86. The molecular weight excluding hydrogens is 273 g/mol. The van der Waals surface area contributed by atoms with Crippen molar-refractivity contribution < 1.29 is 13.9 Å². The fourth-order valence-corrected chi connectivity index (χ4v) is 1.93. The zero-order valence-corrected chi connectivity index (χ0v) is 11.7. The van der Waals surface area contributed by atoms with E-state index in [2.05, 4.69) is 10.1 Å². The van der Waals surface area contributed by atoms with Crippen molar-refractivity contribution in [1.82, 2.24) is 0 Å². The van der Waals surface area contributed by atoms with E-state index in [1.165, 1.54) is 13.2 Å². The number of benzene rings is 2. The maximum absolute atomic E-state index is 14.4. The van der Waals surface area contributed by atoms with Crippen LogP contribution in [-0.2, 0) is 4.74 Å². The highest BCUT2D eigenvalue weighted by Gasteiger charge is 2.21. The number of aryl methyl sites for hydroxylation is 1. The van der Waals surface area contributed by atoms with E-state index in [1.54, 1.807) is 12.1 Å². The van der Waals surface area contributed by atoms with E-state index >= 15 is 0 Å². The highest BCUT2D eigenvalue weighted by atomic mass is 19.1. The number of ether oxygens (including phenoxy) is 1. The Hall–Kier alpha value is -2.76. The van der Waals surface area contributed by atoms with Gasteiger partial charge in [0, 0.05) is 5.69 Å². The lowest BCUT2D eigenvalue weighted by molar-refractivity contribution is 0.0601. The Balaban J connectivity index is 2.59. The first-order chi connectivity index (χ1) is 9.95. The number of carbonyl (C=O) groups is 1. The number of esters is 1. The Morgan fingerprint density at radius 3 is 2.57 bits per heavy atom. The summed E-state index contributed by atoms with van der Waals surface area (Å²) in [7, 11) is 1.21. The molecule has 0 spiro atoms. The second-order valence-corrected chi connectivity index (χ2v) is 4.55. The van der Waals surface area contributed by atoms with Gasteiger partial charge in [0.2, 0.25) is 0 Å². The molecule has 0 aliphatic carbocycles. The van der Waals surface area contributed by atoms with Crippen LogP contribution in [0.3, 0.4) is 0 Å². The molecule has 0 fully saturated rings. The quantitative estimate of drug-likeness (QED) is 0.597. The van der Waals surface area contributed by atoms with Gasteiger partial charge in [-0.3, -0.25) is 0 Å². The van der Waals surface area contributed by atoms with E-state index in [9.17, 15) is 9.18 Å². The molecule has 21 heavy (non-hydrogen) atoms. The van der Waals surface area contributed by atoms with Gasteiger partial charge in [0.15, 0.2) is 5.82 Å². The van der Waals surface area contributed by atoms with Crippen molar-refractivity contribution >= 4 is 28.7 Å². The minimum absolute atomic E-state index is 0.00930. The molecule has 0 aliphatic rings. The van der Waals surface area contributed by atoms with Gasteiger partial charge in [0.25, 0.3) is 0 Å². The highest BCUT2D eigenvalue weighted by Crippen LogP contribution is 2.33. The van der Waals surface area contributed by atoms with Gasteiger partial charge in [0.05, 0.1) is 29.7 Å². The third-order valence-corrected chi connectivity index (χ3v) is 3.15. The van der Waals surface area contributed by atoms with Crippen molar-refractivity contribution in [2.45, 2.75) is 6.92 Å². The maximum Gasteiger partial charge on any atom is 0.340 e. The molecule has 5 nitrogen and oxygen atoms in total. The summed E-state index contributed by atoms with van der Waals surface area (Å²) in [4.78, 5) is 11.8. The largest absolute Gasteiger partial charge is 0.465 e. The van der Waals surface area contributed by atoms with Gasteiger partial charge in [-0.05, 0) is 24.6 Å². The van der Waals surface area contributed by atoms with Crippen LogP contribution in [0, 0.1) is 12.7 Å². The van der Waals surface area contributed by atoms with E-state index in [4.69, 9.17) is 11.5 Å². The van der Waals surface area contributed by atoms with E-state index in [0.29, 0.717) is 5.69 Å². The lowest BCUT2D eigenvalue weighted by Crippen LogP contribution is -2.11. The average Bonchev–Trinajstić information content (AvgIpc) is 2.48. The lowest BCUT2D eigenvalue weighted by Gasteiger charge is -2.16. The summed E-state index contributed by atoms with van der Waals surface area (Å²) in [6.07, 6.45) is 0. The number of nitrogen functional groups attached to an aromatic ring is 2. The Labute approximate surface area is 121 Å². The minimum atomic E-state index is -0.779. The molecule has 0 saturated carbocycles. The molecule has 2 aromatic carbocycles. The predicted molar refractivity (Wildman–Crippen MR) is 81.0 cm³/mol. The number of para-hydroxylation sites is 1. The molecule has 6 heteroatoms. The van der Waals surface area contributed by atoms with Gasteiger partial charge >= 0.3 is 5.97 Å². The summed E-state index contributed by atoms with van der Waals surface area (Å²) in [5.41, 5.74) is 12.5. The Kier molecular flexibility index (Phi) is 3.98. The van der Waals surface area contributed by atoms with Gasteiger partial charge in [-0.1, -0.05) is 18.2 Å². The van der Waals surface area contributed by atoms with Crippen LogP contribution in [0.5, 0.6) is 0 Å². The number of nitrogens with one attached hydrogen (secondary N) is 1. The summed E-state index contributed by atoms with van der Waals surface area (Å²) < 4.78 is 19.0. The van der Waals surface area contributed by atoms with Crippen molar-refractivity contribution in [3.05, 3.63) is 47.3 Å². The Morgan fingerprint density at radius 2 is 1.95 bits per heavy atom. The topological polar surface area (TPSA) is 90.4 Å².